The second-order valence-corrected chi connectivity index (χ2v) is 9.45. The van der Waals surface area contributed by atoms with Crippen molar-refractivity contribution in [2.75, 3.05) is 7.11 Å². The Morgan fingerprint density at radius 3 is 1.61 bits per heavy atom. The van der Waals surface area contributed by atoms with Gasteiger partial charge in [-0.3, -0.25) is 4.79 Å². The van der Waals surface area contributed by atoms with Gasteiger partial charge in [-0.2, -0.15) is 0 Å². The molecule has 0 aliphatic heterocycles. The van der Waals surface area contributed by atoms with Gasteiger partial charge in [0.1, 0.15) is 0 Å². The van der Waals surface area contributed by atoms with Crippen molar-refractivity contribution in [3.63, 3.8) is 0 Å². The van der Waals surface area contributed by atoms with E-state index in [4.69, 9.17) is 4.74 Å². The number of ether oxygens (including phenoxy) is 1. The van der Waals surface area contributed by atoms with Crippen LogP contribution in [-0.2, 0) is 9.53 Å². The van der Waals surface area contributed by atoms with Crippen LogP contribution < -0.4 is 0 Å². The maximum absolute atomic E-state index is 11.8. The maximum atomic E-state index is 11.8. The molecular weight excluding hydrogens is 380 g/mol. The van der Waals surface area contributed by atoms with E-state index in [1.807, 2.05) is 0 Å². The van der Waals surface area contributed by atoms with Crippen molar-refractivity contribution in [3.05, 3.63) is 71.8 Å². The molecular formula is C29H36O2. The van der Waals surface area contributed by atoms with E-state index >= 15 is 0 Å². The number of carbonyl (C=O) groups excluding carboxylic acids is 1. The second-order valence-electron chi connectivity index (χ2n) is 9.45. The van der Waals surface area contributed by atoms with Crippen LogP contribution in [0.1, 0.15) is 81.3 Å². The molecule has 0 saturated heterocycles. The third-order valence-corrected chi connectivity index (χ3v) is 7.60. The van der Waals surface area contributed by atoms with Gasteiger partial charge in [0.15, 0.2) is 0 Å². The molecule has 2 nitrogen and oxygen atoms in total. The lowest BCUT2D eigenvalue weighted by Crippen LogP contribution is -2.22. The molecule has 2 saturated carbocycles. The number of methoxy groups -OCH3 is 1. The molecule has 0 atom stereocenters. The predicted molar refractivity (Wildman–Crippen MR) is 128 cm³/mol. The van der Waals surface area contributed by atoms with Gasteiger partial charge < -0.3 is 4.74 Å². The number of hydrogen-bond acceptors (Lipinski definition) is 2. The zero-order valence-corrected chi connectivity index (χ0v) is 19.1. The summed E-state index contributed by atoms with van der Waals surface area (Å²) in [6.45, 7) is 2.13. The van der Waals surface area contributed by atoms with E-state index in [-0.39, 0.29) is 11.9 Å². The third-order valence-electron chi connectivity index (χ3n) is 7.60. The Morgan fingerprint density at radius 2 is 1.19 bits per heavy atom. The summed E-state index contributed by atoms with van der Waals surface area (Å²) in [5, 5.41) is 0. The monoisotopic (exact) mass is 416 g/mol. The molecule has 2 aliphatic carbocycles. The first-order valence-electron chi connectivity index (χ1n) is 12.1. The van der Waals surface area contributed by atoms with Gasteiger partial charge in [0.05, 0.1) is 13.0 Å². The van der Waals surface area contributed by atoms with Crippen LogP contribution in [0.15, 0.2) is 60.7 Å². The summed E-state index contributed by atoms with van der Waals surface area (Å²) in [6, 6.07) is 18.4. The third kappa shape index (κ3) is 5.29. The molecule has 2 aromatic carbocycles. The summed E-state index contributed by atoms with van der Waals surface area (Å²) in [5.74, 6) is 2.13. The molecule has 0 radical (unpaired) electrons. The second kappa shape index (κ2) is 10.3. The summed E-state index contributed by atoms with van der Waals surface area (Å²) in [7, 11) is 1.50. The van der Waals surface area contributed by atoms with Gasteiger partial charge in [-0.05, 0) is 98.3 Å². The molecule has 0 aromatic heterocycles. The van der Waals surface area contributed by atoms with Crippen LogP contribution in [0.3, 0.4) is 0 Å². The standard InChI is InChI=1S/C29H36O2/c1-3-4-21-5-7-22(8-6-21)23-9-11-24(12-10-23)25-13-15-26(16-14-25)27-17-19-28(20-18-27)29(30)31-2/h3-4,9-16,21-22,27-28H,5-8,17-20H2,1-2H3. The number of esters is 1. The fourth-order valence-corrected chi connectivity index (χ4v) is 5.64. The van der Waals surface area contributed by atoms with Crippen LogP contribution in [0.5, 0.6) is 0 Å². The van der Waals surface area contributed by atoms with Gasteiger partial charge >= 0.3 is 5.97 Å². The van der Waals surface area contributed by atoms with E-state index < -0.39 is 0 Å². The molecule has 0 unspecified atom stereocenters. The summed E-state index contributed by atoms with van der Waals surface area (Å²) in [5.41, 5.74) is 5.49. The number of allylic oxidation sites excluding steroid dienone is 2. The van der Waals surface area contributed by atoms with Crippen LogP contribution >= 0.6 is 0 Å². The fraction of sp³-hybridized carbons (Fsp3) is 0.483. The highest BCUT2D eigenvalue weighted by Gasteiger charge is 2.27. The molecule has 2 heteroatoms. The van der Waals surface area contributed by atoms with Crippen molar-refractivity contribution in [3.8, 4) is 11.1 Å². The van der Waals surface area contributed by atoms with Gasteiger partial charge in [0.25, 0.3) is 0 Å². The van der Waals surface area contributed by atoms with Crippen molar-refractivity contribution < 1.29 is 9.53 Å². The van der Waals surface area contributed by atoms with E-state index in [9.17, 15) is 4.79 Å². The minimum atomic E-state index is -0.0388. The molecule has 0 heterocycles. The average Bonchev–Trinajstić information content (AvgIpc) is 2.85. The number of benzene rings is 2. The molecule has 2 aliphatic rings. The Morgan fingerprint density at radius 1 is 0.742 bits per heavy atom. The Kier molecular flexibility index (Phi) is 7.27. The summed E-state index contributed by atoms with van der Waals surface area (Å²) >= 11 is 0. The largest absolute Gasteiger partial charge is 0.469 e. The first kappa shape index (κ1) is 21.9. The van der Waals surface area contributed by atoms with Crippen molar-refractivity contribution in [2.24, 2.45) is 11.8 Å². The zero-order valence-electron chi connectivity index (χ0n) is 19.1. The highest BCUT2D eigenvalue weighted by Crippen LogP contribution is 2.38. The highest BCUT2D eigenvalue weighted by atomic mass is 16.5. The maximum Gasteiger partial charge on any atom is 0.308 e. The average molecular weight is 417 g/mol. The summed E-state index contributed by atoms with van der Waals surface area (Å²) in [4.78, 5) is 11.8. The lowest BCUT2D eigenvalue weighted by molar-refractivity contribution is -0.146. The zero-order chi connectivity index (χ0) is 21.6. The van der Waals surface area contributed by atoms with Crippen LogP contribution in [0, 0.1) is 11.8 Å². The first-order chi connectivity index (χ1) is 15.2. The Labute approximate surface area is 187 Å². The molecule has 0 spiro atoms. The van der Waals surface area contributed by atoms with Crippen LogP contribution in [-0.4, -0.2) is 13.1 Å². The van der Waals surface area contributed by atoms with E-state index in [0.29, 0.717) is 5.92 Å². The van der Waals surface area contributed by atoms with Crippen molar-refractivity contribution in [2.45, 2.75) is 70.1 Å². The summed E-state index contributed by atoms with van der Waals surface area (Å²) in [6.07, 6.45) is 13.9. The minimum Gasteiger partial charge on any atom is -0.469 e. The van der Waals surface area contributed by atoms with E-state index in [0.717, 1.165) is 37.5 Å². The quantitative estimate of drug-likeness (QED) is 0.369. The molecule has 2 fully saturated rings. The van der Waals surface area contributed by atoms with E-state index in [2.05, 4.69) is 67.6 Å². The van der Waals surface area contributed by atoms with Gasteiger partial charge in [-0.25, -0.2) is 0 Å². The molecule has 0 bridgehead atoms. The minimum absolute atomic E-state index is 0.0388. The molecule has 4 rings (SSSR count). The van der Waals surface area contributed by atoms with Crippen molar-refractivity contribution in [1.29, 1.82) is 0 Å². The SMILES string of the molecule is CC=CC1CCC(c2ccc(-c3ccc(C4CCC(C(=O)OC)CC4)cc3)cc2)CC1. The Bertz CT molecular complexity index is 862. The van der Waals surface area contributed by atoms with E-state index in [1.54, 1.807) is 0 Å². The van der Waals surface area contributed by atoms with Crippen LogP contribution in [0.4, 0.5) is 0 Å². The smallest absolute Gasteiger partial charge is 0.308 e. The number of hydrogen-bond donors (Lipinski definition) is 0. The Hall–Kier alpha value is -2.35. The van der Waals surface area contributed by atoms with Crippen molar-refractivity contribution in [1.82, 2.24) is 0 Å². The summed E-state index contributed by atoms with van der Waals surface area (Å²) < 4.78 is 4.92. The molecule has 0 N–H and O–H groups in total. The lowest BCUT2D eigenvalue weighted by Gasteiger charge is -2.27. The van der Waals surface area contributed by atoms with Gasteiger partial charge in [-0.1, -0.05) is 60.7 Å². The number of rotatable bonds is 5. The van der Waals surface area contributed by atoms with Gasteiger partial charge in [0.2, 0.25) is 0 Å². The lowest BCUT2D eigenvalue weighted by atomic mass is 9.78. The fourth-order valence-electron chi connectivity index (χ4n) is 5.64. The van der Waals surface area contributed by atoms with Crippen LogP contribution in [0.25, 0.3) is 11.1 Å². The highest BCUT2D eigenvalue weighted by molar-refractivity contribution is 5.72. The van der Waals surface area contributed by atoms with Gasteiger partial charge in [-0.15, -0.1) is 0 Å². The van der Waals surface area contributed by atoms with E-state index in [1.165, 1.54) is 55.0 Å². The Balaban J connectivity index is 1.35. The predicted octanol–water partition coefficient (Wildman–Crippen LogP) is 7.65. The normalized spacial score (nSPS) is 26.6. The first-order valence-corrected chi connectivity index (χ1v) is 12.1. The van der Waals surface area contributed by atoms with Crippen molar-refractivity contribution >= 4 is 5.97 Å². The molecule has 0 amide bonds. The topological polar surface area (TPSA) is 26.3 Å². The van der Waals surface area contributed by atoms with Crippen LogP contribution in [0.2, 0.25) is 0 Å². The molecule has 2 aromatic rings. The van der Waals surface area contributed by atoms with Gasteiger partial charge in [0, 0.05) is 0 Å². The molecule has 164 valence electrons. The number of carbonyl (C=O) groups is 1. The molecule has 31 heavy (non-hydrogen) atoms.